The number of halogens is 4. The Balaban J connectivity index is 1.99. The number of rotatable bonds is 4. The molecule has 0 aliphatic carbocycles. The second-order valence-electron chi connectivity index (χ2n) is 6.15. The maximum atomic E-state index is 13.4. The first kappa shape index (κ1) is 18.6. The highest BCUT2D eigenvalue weighted by molar-refractivity contribution is 6.32. The monoisotopic (exact) mass is 379 g/mol. The average Bonchev–Trinajstić information content (AvgIpc) is 3.13. The van der Waals surface area contributed by atoms with Gasteiger partial charge in [-0.05, 0) is 42.7 Å². The molecule has 1 aliphatic rings. The Kier molecular flexibility index (Phi) is 5.40. The van der Waals surface area contributed by atoms with Gasteiger partial charge in [-0.2, -0.15) is 18.4 Å². The molecule has 0 saturated carbocycles. The van der Waals surface area contributed by atoms with E-state index >= 15 is 0 Å². The normalized spacial score (nSPS) is 15.0. The molecule has 1 fully saturated rings. The topological polar surface area (TPSA) is 30.3 Å². The number of hydrazine groups is 1. The molecule has 26 heavy (non-hydrogen) atoms. The molecule has 136 valence electrons. The van der Waals surface area contributed by atoms with Crippen LogP contribution in [0.15, 0.2) is 42.5 Å². The number of hydrogen-bond acceptors (Lipinski definition) is 3. The van der Waals surface area contributed by atoms with Crippen molar-refractivity contribution in [3.05, 3.63) is 64.2 Å². The third-order valence-electron chi connectivity index (χ3n) is 4.44. The Morgan fingerprint density at radius 2 is 1.81 bits per heavy atom. The SMILES string of the molecule is N#Cc1ccc(N(Cc2ccccc2C(F)(F)F)N2CCCC2)cc1Cl. The van der Waals surface area contributed by atoms with E-state index in [9.17, 15) is 13.2 Å². The van der Waals surface area contributed by atoms with E-state index in [-0.39, 0.29) is 12.1 Å². The van der Waals surface area contributed by atoms with E-state index < -0.39 is 11.7 Å². The van der Waals surface area contributed by atoms with Crippen molar-refractivity contribution < 1.29 is 13.2 Å². The molecule has 0 unspecified atom stereocenters. The van der Waals surface area contributed by atoms with Gasteiger partial charge in [0.05, 0.1) is 28.4 Å². The zero-order chi connectivity index (χ0) is 18.7. The molecular weight excluding hydrogens is 363 g/mol. The van der Waals surface area contributed by atoms with Crippen LogP contribution >= 0.6 is 11.6 Å². The van der Waals surface area contributed by atoms with Crippen LogP contribution in [0.4, 0.5) is 18.9 Å². The van der Waals surface area contributed by atoms with Gasteiger partial charge in [0.15, 0.2) is 0 Å². The first-order chi connectivity index (χ1) is 12.4. The van der Waals surface area contributed by atoms with Gasteiger partial charge in [0, 0.05) is 13.1 Å². The van der Waals surface area contributed by atoms with Crippen molar-refractivity contribution in [1.29, 1.82) is 5.26 Å². The van der Waals surface area contributed by atoms with Crippen molar-refractivity contribution in [1.82, 2.24) is 5.01 Å². The molecule has 1 saturated heterocycles. The Hall–Kier alpha value is -2.23. The largest absolute Gasteiger partial charge is 0.416 e. The first-order valence-corrected chi connectivity index (χ1v) is 8.65. The molecule has 2 aromatic carbocycles. The van der Waals surface area contributed by atoms with Crippen LogP contribution < -0.4 is 5.01 Å². The minimum Gasteiger partial charge on any atom is -0.301 e. The summed E-state index contributed by atoms with van der Waals surface area (Å²) < 4.78 is 40.1. The fraction of sp³-hybridized carbons (Fsp3) is 0.316. The molecule has 7 heteroatoms. The van der Waals surface area contributed by atoms with Crippen molar-refractivity contribution >= 4 is 17.3 Å². The van der Waals surface area contributed by atoms with Crippen LogP contribution in [0.2, 0.25) is 5.02 Å². The van der Waals surface area contributed by atoms with Crippen LogP contribution in [0, 0.1) is 11.3 Å². The number of nitriles is 1. The molecular formula is C19H17ClF3N3. The van der Waals surface area contributed by atoms with Gasteiger partial charge in [-0.1, -0.05) is 29.8 Å². The summed E-state index contributed by atoms with van der Waals surface area (Å²) in [6.07, 6.45) is -2.43. The maximum Gasteiger partial charge on any atom is 0.416 e. The van der Waals surface area contributed by atoms with E-state index in [1.54, 1.807) is 24.3 Å². The Morgan fingerprint density at radius 3 is 2.42 bits per heavy atom. The quantitative estimate of drug-likeness (QED) is 0.727. The third-order valence-corrected chi connectivity index (χ3v) is 4.75. The number of alkyl halides is 3. The molecule has 0 radical (unpaired) electrons. The van der Waals surface area contributed by atoms with Gasteiger partial charge in [0.25, 0.3) is 0 Å². The van der Waals surface area contributed by atoms with Gasteiger partial charge in [-0.25, -0.2) is 5.01 Å². The smallest absolute Gasteiger partial charge is 0.301 e. The minimum atomic E-state index is -4.41. The molecule has 0 atom stereocenters. The lowest BCUT2D eigenvalue weighted by Crippen LogP contribution is -2.40. The second kappa shape index (κ2) is 7.56. The van der Waals surface area contributed by atoms with E-state index in [1.807, 2.05) is 16.1 Å². The van der Waals surface area contributed by atoms with E-state index in [0.717, 1.165) is 32.0 Å². The highest BCUT2D eigenvalue weighted by atomic mass is 35.5. The second-order valence-corrected chi connectivity index (χ2v) is 6.56. The number of anilines is 1. The van der Waals surface area contributed by atoms with Gasteiger partial charge in [-0.3, -0.25) is 0 Å². The summed E-state index contributed by atoms with van der Waals surface area (Å²) in [7, 11) is 0. The lowest BCUT2D eigenvalue weighted by atomic mass is 10.1. The molecule has 2 aromatic rings. The van der Waals surface area contributed by atoms with Crippen molar-refractivity contribution in [3.8, 4) is 6.07 Å². The van der Waals surface area contributed by atoms with Crippen molar-refractivity contribution in [2.45, 2.75) is 25.6 Å². The van der Waals surface area contributed by atoms with Crippen molar-refractivity contribution in [3.63, 3.8) is 0 Å². The molecule has 0 aromatic heterocycles. The van der Waals surface area contributed by atoms with Crippen molar-refractivity contribution in [2.75, 3.05) is 18.1 Å². The summed E-state index contributed by atoms with van der Waals surface area (Å²) >= 11 is 6.14. The van der Waals surface area contributed by atoms with E-state index in [1.165, 1.54) is 12.1 Å². The highest BCUT2D eigenvalue weighted by Crippen LogP contribution is 2.34. The van der Waals surface area contributed by atoms with Crippen LogP contribution in [-0.4, -0.2) is 18.1 Å². The fourth-order valence-corrected chi connectivity index (χ4v) is 3.36. The summed E-state index contributed by atoms with van der Waals surface area (Å²) in [5.41, 5.74) is 0.580. The molecule has 1 aliphatic heterocycles. The highest BCUT2D eigenvalue weighted by Gasteiger charge is 2.34. The van der Waals surface area contributed by atoms with E-state index in [2.05, 4.69) is 0 Å². The number of benzene rings is 2. The summed E-state index contributed by atoms with van der Waals surface area (Å²) in [6.45, 7) is 1.62. The predicted octanol–water partition coefficient (Wildman–Crippen LogP) is 5.25. The lowest BCUT2D eigenvalue weighted by molar-refractivity contribution is -0.138. The summed E-state index contributed by atoms with van der Waals surface area (Å²) in [6, 6.07) is 12.5. The van der Waals surface area contributed by atoms with Gasteiger partial charge in [0.2, 0.25) is 0 Å². The van der Waals surface area contributed by atoms with E-state index in [4.69, 9.17) is 16.9 Å². The van der Waals surface area contributed by atoms with Gasteiger partial charge in [-0.15, -0.1) is 0 Å². The molecule has 0 spiro atoms. The first-order valence-electron chi connectivity index (χ1n) is 8.27. The average molecular weight is 380 g/mol. The summed E-state index contributed by atoms with van der Waals surface area (Å²) in [5, 5.41) is 13.2. The Morgan fingerprint density at radius 1 is 1.12 bits per heavy atom. The third kappa shape index (κ3) is 3.95. The van der Waals surface area contributed by atoms with Crippen LogP contribution in [0.5, 0.6) is 0 Å². The van der Waals surface area contributed by atoms with Gasteiger partial charge >= 0.3 is 6.18 Å². The number of hydrogen-bond donors (Lipinski definition) is 0. The zero-order valence-electron chi connectivity index (χ0n) is 13.9. The molecule has 0 amide bonds. The zero-order valence-corrected chi connectivity index (χ0v) is 14.7. The lowest BCUT2D eigenvalue weighted by Gasteiger charge is -2.34. The maximum absolute atomic E-state index is 13.4. The fourth-order valence-electron chi connectivity index (χ4n) is 3.15. The summed E-state index contributed by atoms with van der Waals surface area (Å²) in [5.74, 6) is 0. The van der Waals surface area contributed by atoms with Crippen LogP contribution in [-0.2, 0) is 12.7 Å². The van der Waals surface area contributed by atoms with E-state index in [0.29, 0.717) is 16.3 Å². The minimum absolute atomic E-state index is 0.0813. The van der Waals surface area contributed by atoms with Gasteiger partial charge in [0.1, 0.15) is 6.07 Å². The molecule has 3 rings (SSSR count). The Labute approximate surface area is 155 Å². The summed E-state index contributed by atoms with van der Waals surface area (Å²) in [4.78, 5) is 0. The van der Waals surface area contributed by atoms with Crippen LogP contribution in [0.25, 0.3) is 0 Å². The molecule has 0 bridgehead atoms. The molecule has 3 nitrogen and oxygen atoms in total. The van der Waals surface area contributed by atoms with Crippen LogP contribution in [0.1, 0.15) is 29.5 Å². The standard InChI is InChI=1S/C19H17ClF3N3/c20-18-11-16(8-7-14(18)12-24)26(25-9-3-4-10-25)13-15-5-1-2-6-17(15)19(21,22)23/h1-2,5-8,11H,3-4,9-10,13H2. The number of nitrogens with zero attached hydrogens (tertiary/aromatic N) is 3. The van der Waals surface area contributed by atoms with Crippen LogP contribution in [0.3, 0.4) is 0 Å². The Bertz CT molecular complexity index is 824. The van der Waals surface area contributed by atoms with Crippen molar-refractivity contribution in [2.24, 2.45) is 0 Å². The molecule has 1 heterocycles. The molecule has 0 N–H and O–H groups in total. The predicted molar refractivity (Wildman–Crippen MR) is 94.6 cm³/mol. The van der Waals surface area contributed by atoms with Gasteiger partial charge < -0.3 is 5.01 Å².